The maximum absolute atomic E-state index is 12.0. The Balaban J connectivity index is 2.16. The Hall–Kier alpha value is -0.530. The average molecular weight is 281 g/mol. The maximum Gasteiger partial charge on any atom is 0.222 e. The highest BCUT2D eigenvalue weighted by Gasteiger charge is 2.21. The summed E-state index contributed by atoms with van der Waals surface area (Å²) in [6.45, 7) is 2.25. The molecule has 1 fully saturated rings. The Morgan fingerprint density at radius 1 is 1.05 bits per heavy atom. The molecule has 0 aromatic heterocycles. The number of amides is 1. The lowest BCUT2D eigenvalue weighted by molar-refractivity contribution is -0.125. The van der Waals surface area contributed by atoms with E-state index in [4.69, 9.17) is 0 Å². The molecule has 1 unspecified atom stereocenters. The van der Waals surface area contributed by atoms with Gasteiger partial charge in [-0.25, -0.2) is 0 Å². The van der Waals surface area contributed by atoms with Crippen LogP contribution < -0.4 is 5.32 Å². The zero-order valence-corrected chi connectivity index (χ0v) is 13.8. The number of carbonyl (C=O) groups excluding carboxylic acids is 1. The fourth-order valence-corrected chi connectivity index (χ4v) is 3.52. The summed E-state index contributed by atoms with van der Waals surface area (Å²) in [7, 11) is 1.78. The Bertz CT molecular complexity index is 246. The maximum atomic E-state index is 12.0. The molecule has 0 saturated heterocycles. The van der Waals surface area contributed by atoms with Gasteiger partial charge in [0.25, 0.3) is 0 Å². The molecule has 2 heteroatoms. The van der Waals surface area contributed by atoms with Gasteiger partial charge in [-0.2, -0.15) is 0 Å². The zero-order chi connectivity index (χ0) is 14.6. The first-order valence-electron chi connectivity index (χ1n) is 8.99. The first kappa shape index (κ1) is 17.5. The lowest BCUT2D eigenvalue weighted by atomic mass is 9.90. The van der Waals surface area contributed by atoms with Gasteiger partial charge in [0.15, 0.2) is 0 Å². The SMILES string of the molecule is CCCCCCCCC(CCC1CCCC1)C(=O)NC. The monoisotopic (exact) mass is 281 g/mol. The molecular weight excluding hydrogens is 246 g/mol. The Morgan fingerprint density at radius 2 is 1.70 bits per heavy atom. The molecule has 0 aliphatic heterocycles. The summed E-state index contributed by atoms with van der Waals surface area (Å²) in [6, 6.07) is 0. The molecule has 1 aliphatic rings. The van der Waals surface area contributed by atoms with Crippen LogP contribution in [0.15, 0.2) is 0 Å². The predicted octanol–water partition coefficient (Wildman–Crippen LogP) is 5.07. The highest BCUT2D eigenvalue weighted by molar-refractivity contribution is 5.78. The van der Waals surface area contributed by atoms with Gasteiger partial charge in [-0.1, -0.05) is 71.1 Å². The molecule has 1 aliphatic carbocycles. The van der Waals surface area contributed by atoms with E-state index in [1.807, 2.05) is 0 Å². The van der Waals surface area contributed by atoms with E-state index < -0.39 is 0 Å². The van der Waals surface area contributed by atoms with Crippen LogP contribution in [0, 0.1) is 11.8 Å². The number of nitrogens with one attached hydrogen (secondary N) is 1. The molecule has 2 nitrogen and oxygen atoms in total. The molecule has 1 N–H and O–H groups in total. The molecule has 1 saturated carbocycles. The van der Waals surface area contributed by atoms with E-state index in [1.165, 1.54) is 70.6 Å². The van der Waals surface area contributed by atoms with Crippen molar-refractivity contribution in [1.82, 2.24) is 5.32 Å². The van der Waals surface area contributed by atoms with Crippen molar-refractivity contribution in [3.05, 3.63) is 0 Å². The predicted molar refractivity (Wildman–Crippen MR) is 86.7 cm³/mol. The molecule has 0 aromatic carbocycles. The number of hydrogen-bond acceptors (Lipinski definition) is 1. The van der Waals surface area contributed by atoms with Crippen LogP contribution in [-0.4, -0.2) is 13.0 Å². The van der Waals surface area contributed by atoms with E-state index in [0.717, 1.165) is 18.8 Å². The van der Waals surface area contributed by atoms with Crippen molar-refractivity contribution in [3.63, 3.8) is 0 Å². The van der Waals surface area contributed by atoms with Crippen molar-refractivity contribution in [3.8, 4) is 0 Å². The smallest absolute Gasteiger partial charge is 0.222 e. The third kappa shape index (κ3) is 7.31. The average Bonchev–Trinajstić information content (AvgIpc) is 2.98. The summed E-state index contributed by atoms with van der Waals surface area (Å²) < 4.78 is 0. The van der Waals surface area contributed by atoms with Gasteiger partial charge in [-0.15, -0.1) is 0 Å². The second kappa shape index (κ2) is 11.2. The summed E-state index contributed by atoms with van der Waals surface area (Å²) in [5.41, 5.74) is 0. The van der Waals surface area contributed by atoms with Crippen molar-refractivity contribution < 1.29 is 4.79 Å². The lowest BCUT2D eigenvalue weighted by Crippen LogP contribution is -2.27. The molecule has 0 heterocycles. The van der Waals surface area contributed by atoms with Crippen molar-refractivity contribution in [2.24, 2.45) is 11.8 Å². The second-order valence-corrected chi connectivity index (χ2v) is 6.60. The van der Waals surface area contributed by atoms with Gasteiger partial charge in [0, 0.05) is 13.0 Å². The van der Waals surface area contributed by atoms with E-state index in [2.05, 4.69) is 12.2 Å². The standard InChI is InChI=1S/C18H35NO/c1-3-4-5-6-7-8-13-17(18(20)19-2)15-14-16-11-9-10-12-16/h16-17H,3-15H2,1-2H3,(H,19,20). The highest BCUT2D eigenvalue weighted by Crippen LogP contribution is 2.30. The van der Waals surface area contributed by atoms with Gasteiger partial charge < -0.3 is 5.32 Å². The largest absolute Gasteiger partial charge is 0.359 e. The molecule has 1 atom stereocenters. The van der Waals surface area contributed by atoms with Gasteiger partial charge in [-0.05, 0) is 25.2 Å². The molecule has 1 rings (SSSR count). The summed E-state index contributed by atoms with van der Waals surface area (Å²) >= 11 is 0. The van der Waals surface area contributed by atoms with E-state index in [0.29, 0.717) is 0 Å². The number of hydrogen-bond donors (Lipinski definition) is 1. The minimum absolute atomic E-state index is 0.270. The topological polar surface area (TPSA) is 29.1 Å². The third-order valence-electron chi connectivity index (χ3n) is 4.92. The fourth-order valence-electron chi connectivity index (χ4n) is 3.52. The van der Waals surface area contributed by atoms with Crippen LogP contribution >= 0.6 is 0 Å². The molecular formula is C18H35NO. The fraction of sp³-hybridized carbons (Fsp3) is 0.944. The number of carbonyl (C=O) groups is 1. The number of rotatable bonds is 11. The Kier molecular flexibility index (Phi) is 9.78. The molecule has 0 bridgehead atoms. The van der Waals surface area contributed by atoms with E-state index in [9.17, 15) is 4.79 Å². The minimum Gasteiger partial charge on any atom is -0.359 e. The highest BCUT2D eigenvalue weighted by atomic mass is 16.1. The second-order valence-electron chi connectivity index (χ2n) is 6.60. The van der Waals surface area contributed by atoms with Crippen LogP contribution in [0.5, 0.6) is 0 Å². The normalized spacial score (nSPS) is 17.3. The summed E-state index contributed by atoms with van der Waals surface area (Å²) in [5, 5.41) is 2.86. The van der Waals surface area contributed by atoms with Crippen molar-refractivity contribution in [2.75, 3.05) is 7.05 Å². The van der Waals surface area contributed by atoms with Crippen LogP contribution in [0.1, 0.15) is 90.4 Å². The number of unbranched alkanes of at least 4 members (excludes halogenated alkanes) is 5. The Morgan fingerprint density at radius 3 is 2.35 bits per heavy atom. The quantitative estimate of drug-likeness (QED) is 0.526. The van der Waals surface area contributed by atoms with Crippen LogP contribution in [0.25, 0.3) is 0 Å². The summed E-state index contributed by atoms with van der Waals surface area (Å²) in [4.78, 5) is 12.0. The van der Waals surface area contributed by atoms with Crippen LogP contribution in [-0.2, 0) is 4.79 Å². The van der Waals surface area contributed by atoms with E-state index in [1.54, 1.807) is 7.05 Å². The van der Waals surface area contributed by atoms with Gasteiger partial charge in [-0.3, -0.25) is 4.79 Å². The minimum atomic E-state index is 0.270. The molecule has 118 valence electrons. The molecule has 0 aromatic rings. The van der Waals surface area contributed by atoms with E-state index in [-0.39, 0.29) is 11.8 Å². The first-order chi connectivity index (χ1) is 9.77. The Labute approximate surface area is 126 Å². The first-order valence-corrected chi connectivity index (χ1v) is 8.99. The van der Waals surface area contributed by atoms with Gasteiger partial charge >= 0.3 is 0 Å². The van der Waals surface area contributed by atoms with Crippen molar-refractivity contribution in [2.45, 2.75) is 90.4 Å². The lowest BCUT2D eigenvalue weighted by Gasteiger charge is -2.17. The van der Waals surface area contributed by atoms with Crippen LogP contribution in [0.4, 0.5) is 0 Å². The van der Waals surface area contributed by atoms with E-state index >= 15 is 0 Å². The summed E-state index contributed by atoms with van der Waals surface area (Å²) in [6.07, 6.45) is 17.0. The molecule has 0 radical (unpaired) electrons. The van der Waals surface area contributed by atoms with Gasteiger partial charge in [0.05, 0.1) is 0 Å². The van der Waals surface area contributed by atoms with Crippen LogP contribution in [0.3, 0.4) is 0 Å². The van der Waals surface area contributed by atoms with Crippen LogP contribution in [0.2, 0.25) is 0 Å². The van der Waals surface area contributed by atoms with Gasteiger partial charge in [0.1, 0.15) is 0 Å². The van der Waals surface area contributed by atoms with Crippen molar-refractivity contribution in [1.29, 1.82) is 0 Å². The zero-order valence-electron chi connectivity index (χ0n) is 13.8. The molecule has 20 heavy (non-hydrogen) atoms. The van der Waals surface area contributed by atoms with Crippen molar-refractivity contribution >= 4 is 5.91 Å². The molecule has 0 spiro atoms. The molecule has 1 amide bonds. The summed E-state index contributed by atoms with van der Waals surface area (Å²) in [5.74, 6) is 1.45. The third-order valence-corrected chi connectivity index (χ3v) is 4.92. The van der Waals surface area contributed by atoms with Gasteiger partial charge in [0.2, 0.25) is 5.91 Å².